The molecule has 6 heteroatoms. The maximum Gasteiger partial charge on any atom is 0.191 e. The molecular weight excluding hydrogens is 341 g/mol. The van der Waals surface area contributed by atoms with Gasteiger partial charge in [0.05, 0.1) is 6.54 Å². The van der Waals surface area contributed by atoms with Crippen LogP contribution >= 0.6 is 0 Å². The molecule has 1 aromatic heterocycles. The van der Waals surface area contributed by atoms with Gasteiger partial charge in [0.25, 0.3) is 0 Å². The number of benzene rings is 1. The molecule has 0 spiro atoms. The fourth-order valence-electron chi connectivity index (χ4n) is 3.13. The van der Waals surface area contributed by atoms with Gasteiger partial charge in [0.1, 0.15) is 11.6 Å². The van der Waals surface area contributed by atoms with E-state index in [0.717, 1.165) is 55.5 Å². The third-order valence-electron chi connectivity index (χ3n) is 4.62. The summed E-state index contributed by atoms with van der Waals surface area (Å²) >= 11 is 0. The second kappa shape index (κ2) is 9.90. The van der Waals surface area contributed by atoms with Gasteiger partial charge >= 0.3 is 0 Å². The standard InChI is InChI=1S/C21H28FN5/c1-2-23-21(24-12-11-17-5-8-19(22)9-6-17)26-16-18-7-10-20(25-15-18)27-13-3-4-14-27/h5-10,15H,2-4,11-14,16H2,1H3,(H2,23,24,26). The number of anilines is 1. The second-order valence-corrected chi connectivity index (χ2v) is 6.72. The maximum absolute atomic E-state index is 13.0. The Labute approximate surface area is 160 Å². The minimum absolute atomic E-state index is 0.203. The van der Waals surface area contributed by atoms with Crippen LogP contribution in [0.25, 0.3) is 0 Å². The highest BCUT2D eigenvalue weighted by molar-refractivity contribution is 5.79. The summed E-state index contributed by atoms with van der Waals surface area (Å²) in [6, 6.07) is 10.8. The number of halogens is 1. The van der Waals surface area contributed by atoms with E-state index >= 15 is 0 Å². The molecule has 2 N–H and O–H groups in total. The Balaban J connectivity index is 1.50. The van der Waals surface area contributed by atoms with E-state index in [4.69, 9.17) is 0 Å². The summed E-state index contributed by atoms with van der Waals surface area (Å²) in [5.41, 5.74) is 2.19. The van der Waals surface area contributed by atoms with E-state index in [2.05, 4.69) is 37.6 Å². The molecule has 3 rings (SSSR count). The molecule has 5 nitrogen and oxygen atoms in total. The predicted molar refractivity (Wildman–Crippen MR) is 109 cm³/mol. The van der Waals surface area contributed by atoms with Crippen LogP contribution in [-0.2, 0) is 13.0 Å². The maximum atomic E-state index is 13.0. The van der Waals surface area contributed by atoms with Crippen molar-refractivity contribution in [1.82, 2.24) is 15.6 Å². The van der Waals surface area contributed by atoms with Crippen molar-refractivity contribution in [2.45, 2.75) is 32.7 Å². The number of nitrogens with one attached hydrogen (secondary N) is 2. The average Bonchev–Trinajstić information content (AvgIpc) is 3.23. The average molecular weight is 369 g/mol. The molecule has 144 valence electrons. The minimum atomic E-state index is -0.203. The fourth-order valence-corrected chi connectivity index (χ4v) is 3.13. The summed E-state index contributed by atoms with van der Waals surface area (Å²) < 4.78 is 13.0. The minimum Gasteiger partial charge on any atom is -0.357 e. The number of rotatable bonds is 7. The van der Waals surface area contributed by atoms with Crippen LogP contribution in [0.3, 0.4) is 0 Å². The SMILES string of the molecule is CCNC(=NCc1ccc(N2CCCC2)nc1)NCCc1ccc(F)cc1. The van der Waals surface area contributed by atoms with Gasteiger partial charge in [-0.2, -0.15) is 0 Å². The molecule has 1 aliphatic heterocycles. The number of pyridine rings is 1. The first-order valence-corrected chi connectivity index (χ1v) is 9.71. The lowest BCUT2D eigenvalue weighted by molar-refractivity contribution is 0.626. The van der Waals surface area contributed by atoms with Crippen molar-refractivity contribution < 1.29 is 4.39 Å². The first-order chi connectivity index (χ1) is 13.2. The quantitative estimate of drug-likeness (QED) is 0.582. The molecule has 0 aliphatic carbocycles. The number of guanidine groups is 1. The normalized spacial score (nSPS) is 14.4. The summed E-state index contributed by atoms with van der Waals surface area (Å²) in [5.74, 6) is 1.64. The van der Waals surface area contributed by atoms with Crippen LogP contribution in [0.1, 0.15) is 30.9 Å². The number of aromatic nitrogens is 1. The molecule has 1 saturated heterocycles. The van der Waals surface area contributed by atoms with Crippen molar-refractivity contribution in [1.29, 1.82) is 0 Å². The molecule has 1 aliphatic rings. The molecule has 0 amide bonds. The van der Waals surface area contributed by atoms with Crippen LogP contribution in [0.5, 0.6) is 0 Å². The zero-order valence-corrected chi connectivity index (χ0v) is 15.9. The Kier molecular flexibility index (Phi) is 7.02. The second-order valence-electron chi connectivity index (χ2n) is 6.72. The van der Waals surface area contributed by atoms with E-state index in [-0.39, 0.29) is 5.82 Å². The van der Waals surface area contributed by atoms with Gasteiger partial charge in [-0.05, 0) is 55.5 Å². The Morgan fingerprint density at radius 1 is 1.07 bits per heavy atom. The number of hydrogen-bond donors (Lipinski definition) is 2. The summed E-state index contributed by atoms with van der Waals surface area (Å²) in [6.07, 6.45) is 5.24. The van der Waals surface area contributed by atoms with E-state index in [1.165, 1.54) is 25.0 Å². The summed E-state index contributed by atoms with van der Waals surface area (Å²) in [7, 11) is 0. The lowest BCUT2D eigenvalue weighted by Gasteiger charge is -2.16. The number of hydrogen-bond acceptors (Lipinski definition) is 3. The highest BCUT2D eigenvalue weighted by Crippen LogP contribution is 2.17. The van der Waals surface area contributed by atoms with Gasteiger partial charge in [0.2, 0.25) is 0 Å². The fraction of sp³-hybridized carbons (Fsp3) is 0.429. The summed E-state index contributed by atoms with van der Waals surface area (Å²) in [4.78, 5) is 11.5. The van der Waals surface area contributed by atoms with Crippen molar-refractivity contribution in [3.8, 4) is 0 Å². The first kappa shape index (κ1) is 19.1. The van der Waals surface area contributed by atoms with Crippen molar-refractivity contribution in [2.75, 3.05) is 31.1 Å². The van der Waals surface area contributed by atoms with Gasteiger partial charge < -0.3 is 15.5 Å². The van der Waals surface area contributed by atoms with Gasteiger partial charge in [0.15, 0.2) is 5.96 Å². The Morgan fingerprint density at radius 2 is 1.81 bits per heavy atom. The Morgan fingerprint density at radius 3 is 2.48 bits per heavy atom. The zero-order valence-electron chi connectivity index (χ0n) is 15.9. The van der Waals surface area contributed by atoms with Crippen LogP contribution in [0.15, 0.2) is 47.6 Å². The molecular formula is C21H28FN5. The van der Waals surface area contributed by atoms with Crippen LogP contribution in [0, 0.1) is 5.82 Å². The molecule has 2 heterocycles. The van der Waals surface area contributed by atoms with E-state index in [9.17, 15) is 4.39 Å². The highest BCUT2D eigenvalue weighted by atomic mass is 19.1. The highest BCUT2D eigenvalue weighted by Gasteiger charge is 2.12. The molecule has 0 bridgehead atoms. The lowest BCUT2D eigenvalue weighted by atomic mass is 10.1. The van der Waals surface area contributed by atoms with E-state index in [1.807, 2.05) is 25.3 Å². The molecule has 1 fully saturated rings. The van der Waals surface area contributed by atoms with Crippen molar-refractivity contribution in [2.24, 2.45) is 4.99 Å². The van der Waals surface area contributed by atoms with Crippen molar-refractivity contribution in [3.63, 3.8) is 0 Å². The molecule has 27 heavy (non-hydrogen) atoms. The summed E-state index contributed by atoms with van der Waals surface area (Å²) in [6.45, 7) is 6.38. The van der Waals surface area contributed by atoms with Crippen molar-refractivity contribution >= 4 is 11.8 Å². The molecule has 2 aromatic rings. The van der Waals surface area contributed by atoms with Crippen LogP contribution in [-0.4, -0.2) is 37.1 Å². The molecule has 0 saturated carbocycles. The molecule has 0 radical (unpaired) electrons. The molecule has 0 atom stereocenters. The molecule has 1 aromatic carbocycles. The van der Waals surface area contributed by atoms with Gasteiger partial charge in [-0.25, -0.2) is 14.4 Å². The largest absolute Gasteiger partial charge is 0.357 e. The molecule has 0 unspecified atom stereocenters. The van der Waals surface area contributed by atoms with Crippen molar-refractivity contribution in [3.05, 3.63) is 59.5 Å². The smallest absolute Gasteiger partial charge is 0.191 e. The monoisotopic (exact) mass is 369 g/mol. The number of nitrogens with zero attached hydrogens (tertiary/aromatic N) is 3. The Hall–Kier alpha value is -2.63. The van der Waals surface area contributed by atoms with Gasteiger partial charge in [-0.1, -0.05) is 18.2 Å². The zero-order chi connectivity index (χ0) is 18.9. The van der Waals surface area contributed by atoms with Crippen LogP contribution in [0.2, 0.25) is 0 Å². The van der Waals surface area contributed by atoms with Gasteiger partial charge in [-0.15, -0.1) is 0 Å². The van der Waals surface area contributed by atoms with Gasteiger partial charge in [-0.3, -0.25) is 0 Å². The topological polar surface area (TPSA) is 52.6 Å². The predicted octanol–water partition coefficient (Wildman–Crippen LogP) is 3.12. The lowest BCUT2D eigenvalue weighted by Crippen LogP contribution is -2.38. The third kappa shape index (κ3) is 5.94. The van der Waals surface area contributed by atoms with Crippen LogP contribution in [0.4, 0.5) is 10.2 Å². The third-order valence-corrected chi connectivity index (χ3v) is 4.62. The number of aliphatic imine (C=N–C) groups is 1. The van der Waals surface area contributed by atoms with Gasteiger partial charge in [0, 0.05) is 32.4 Å². The van der Waals surface area contributed by atoms with E-state index < -0.39 is 0 Å². The van der Waals surface area contributed by atoms with Crippen LogP contribution < -0.4 is 15.5 Å². The first-order valence-electron chi connectivity index (χ1n) is 9.71. The van der Waals surface area contributed by atoms with E-state index in [1.54, 1.807) is 0 Å². The summed E-state index contributed by atoms with van der Waals surface area (Å²) in [5, 5.41) is 6.58. The Bertz CT molecular complexity index is 721. The van der Waals surface area contributed by atoms with E-state index in [0.29, 0.717) is 6.54 Å².